The van der Waals surface area contributed by atoms with Gasteiger partial charge in [0.25, 0.3) is 0 Å². The van der Waals surface area contributed by atoms with E-state index in [2.05, 4.69) is 4.72 Å². The molecule has 0 bridgehead atoms. The van der Waals surface area contributed by atoms with Crippen LogP contribution >= 0.6 is 0 Å². The maximum Gasteiger partial charge on any atom is 0.216 e. The molecule has 0 radical (unpaired) electrons. The van der Waals surface area contributed by atoms with E-state index in [0.717, 1.165) is 0 Å². The fourth-order valence-corrected chi connectivity index (χ4v) is 1.44. The van der Waals surface area contributed by atoms with Crippen LogP contribution in [-0.2, 0) is 14.8 Å². The molecule has 0 fully saturated rings. The van der Waals surface area contributed by atoms with Crippen molar-refractivity contribution >= 4 is 10.0 Å². The van der Waals surface area contributed by atoms with Crippen molar-refractivity contribution in [1.82, 2.24) is 4.72 Å². The predicted octanol–water partition coefficient (Wildman–Crippen LogP) is -0.320. The molecule has 0 unspecified atom stereocenters. The van der Waals surface area contributed by atoms with Crippen molar-refractivity contribution < 1.29 is 13.2 Å². The third-order valence-electron chi connectivity index (χ3n) is 1.61. The molecule has 0 aliphatic rings. The third kappa shape index (κ3) is 4.90. The molecule has 0 rings (SSSR count). The minimum atomic E-state index is -3.25. The lowest BCUT2D eigenvalue weighted by atomic mass is 10.3. The molecule has 0 aliphatic heterocycles. The van der Waals surface area contributed by atoms with Gasteiger partial charge in [-0.1, -0.05) is 0 Å². The Bertz CT molecular complexity index is 244. The number of hydrogen-bond acceptors (Lipinski definition) is 4. The van der Waals surface area contributed by atoms with Crippen LogP contribution in [0, 0.1) is 0 Å². The van der Waals surface area contributed by atoms with Gasteiger partial charge in [-0.25, -0.2) is 13.1 Å². The van der Waals surface area contributed by atoms with Gasteiger partial charge in [0.1, 0.15) is 0 Å². The minimum absolute atomic E-state index is 0.291. The number of nitrogens with one attached hydrogen (secondary N) is 1. The quantitative estimate of drug-likeness (QED) is 0.606. The molecule has 0 saturated heterocycles. The Morgan fingerprint density at radius 2 is 1.86 bits per heavy atom. The standard InChI is InChI=1S/C8H20N2O3S/c1-8(2,3)14(11,12)10-5-7-13-6-4-9/h10H,4-7,9H2,1-3H3. The Morgan fingerprint density at radius 1 is 1.29 bits per heavy atom. The van der Waals surface area contributed by atoms with Gasteiger partial charge in [-0.05, 0) is 20.8 Å². The highest BCUT2D eigenvalue weighted by Gasteiger charge is 2.27. The first-order valence-corrected chi connectivity index (χ1v) is 6.06. The van der Waals surface area contributed by atoms with E-state index in [1.54, 1.807) is 20.8 Å². The van der Waals surface area contributed by atoms with E-state index in [0.29, 0.717) is 26.3 Å². The summed E-state index contributed by atoms with van der Waals surface area (Å²) >= 11 is 0. The normalized spacial score (nSPS) is 13.1. The smallest absolute Gasteiger partial charge is 0.216 e. The number of hydrogen-bond donors (Lipinski definition) is 2. The zero-order chi connectivity index (χ0) is 11.2. The predicted molar refractivity (Wildman–Crippen MR) is 56.5 cm³/mol. The van der Waals surface area contributed by atoms with Gasteiger partial charge in [0.2, 0.25) is 10.0 Å². The number of sulfonamides is 1. The molecule has 0 aromatic carbocycles. The van der Waals surface area contributed by atoms with Gasteiger partial charge in [-0.3, -0.25) is 0 Å². The summed E-state index contributed by atoms with van der Waals surface area (Å²) in [6.07, 6.45) is 0. The molecule has 86 valence electrons. The van der Waals surface area contributed by atoms with Gasteiger partial charge in [0.05, 0.1) is 18.0 Å². The van der Waals surface area contributed by atoms with E-state index < -0.39 is 14.8 Å². The molecule has 5 nitrogen and oxygen atoms in total. The summed E-state index contributed by atoms with van der Waals surface area (Å²) in [5, 5.41) is 0. The lowest BCUT2D eigenvalue weighted by Gasteiger charge is -2.19. The molecular formula is C8H20N2O3S. The van der Waals surface area contributed by atoms with Crippen LogP contribution in [0.4, 0.5) is 0 Å². The van der Waals surface area contributed by atoms with Gasteiger partial charge in [0, 0.05) is 13.1 Å². The van der Waals surface area contributed by atoms with Crippen molar-refractivity contribution in [2.75, 3.05) is 26.3 Å². The lowest BCUT2D eigenvalue weighted by molar-refractivity contribution is 0.147. The second-order valence-electron chi connectivity index (χ2n) is 3.91. The van der Waals surface area contributed by atoms with E-state index in [-0.39, 0.29) is 0 Å². The summed E-state index contributed by atoms with van der Waals surface area (Å²) in [5.41, 5.74) is 5.20. The molecule has 14 heavy (non-hydrogen) atoms. The molecule has 0 amide bonds. The minimum Gasteiger partial charge on any atom is -0.379 e. The van der Waals surface area contributed by atoms with Crippen LogP contribution in [0.2, 0.25) is 0 Å². The molecule has 0 heterocycles. The molecule has 3 N–H and O–H groups in total. The van der Waals surface area contributed by atoms with E-state index in [1.807, 2.05) is 0 Å². The van der Waals surface area contributed by atoms with Crippen LogP contribution in [-0.4, -0.2) is 39.5 Å². The van der Waals surface area contributed by atoms with E-state index in [1.165, 1.54) is 0 Å². The first kappa shape index (κ1) is 13.8. The van der Waals surface area contributed by atoms with Crippen LogP contribution in [0.15, 0.2) is 0 Å². The van der Waals surface area contributed by atoms with Crippen LogP contribution < -0.4 is 10.5 Å². The highest BCUT2D eigenvalue weighted by molar-refractivity contribution is 7.90. The first-order chi connectivity index (χ1) is 6.31. The third-order valence-corrected chi connectivity index (χ3v) is 3.80. The van der Waals surface area contributed by atoms with Gasteiger partial charge in [0.15, 0.2) is 0 Å². The van der Waals surface area contributed by atoms with Crippen LogP contribution in [0.5, 0.6) is 0 Å². The zero-order valence-electron chi connectivity index (χ0n) is 9.04. The van der Waals surface area contributed by atoms with Crippen molar-refractivity contribution in [3.05, 3.63) is 0 Å². The second-order valence-corrected chi connectivity index (χ2v) is 6.43. The monoisotopic (exact) mass is 224 g/mol. The average Bonchev–Trinajstić information content (AvgIpc) is 2.02. The summed E-state index contributed by atoms with van der Waals surface area (Å²) in [6.45, 7) is 6.50. The summed E-state index contributed by atoms with van der Waals surface area (Å²) < 4.78 is 29.7. The van der Waals surface area contributed by atoms with Crippen molar-refractivity contribution in [1.29, 1.82) is 0 Å². The Labute approximate surface area is 86.1 Å². The van der Waals surface area contributed by atoms with Gasteiger partial charge < -0.3 is 10.5 Å². The first-order valence-electron chi connectivity index (χ1n) is 4.58. The van der Waals surface area contributed by atoms with E-state index in [9.17, 15) is 8.42 Å². The fourth-order valence-electron chi connectivity index (χ4n) is 0.650. The molecule has 0 atom stereocenters. The summed E-state index contributed by atoms with van der Waals surface area (Å²) in [4.78, 5) is 0. The lowest BCUT2D eigenvalue weighted by Crippen LogP contribution is -2.40. The molecule has 0 aromatic rings. The van der Waals surface area contributed by atoms with Gasteiger partial charge >= 0.3 is 0 Å². The molecule has 0 saturated carbocycles. The van der Waals surface area contributed by atoms with Crippen LogP contribution in [0.1, 0.15) is 20.8 Å². The Kier molecular flexibility index (Phi) is 5.58. The Morgan fingerprint density at radius 3 is 2.29 bits per heavy atom. The van der Waals surface area contributed by atoms with Crippen LogP contribution in [0.3, 0.4) is 0 Å². The fraction of sp³-hybridized carbons (Fsp3) is 1.00. The van der Waals surface area contributed by atoms with Gasteiger partial charge in [-0.15, -0.1) is 0 Å². The second kappa shape index (κ2) is 5.65. The van der Waals surface area contributed by atoms with Crippen molar-refractivity contribution in [2.24, 2.45) is 5.73 Å². The summed E-state index contributed by atoms with van der Waals surface area (Å²) in [6, 6.07) is 0. The molecule has 0 spiro atoms. The van der Waals surface area contributed by atoms with Crippen LogP contribution in [0.25, 0.3) is 0 Å². The topological polar surface area (TPSA) is 81.4 Å². The van der Waals surface area contributed by atoms with Crippen molar-refractivity contribution in [3.8, 4) is 0 Å². The molecular weight excluding hydrogens is 204 g/mol. The Hall–Kier alpha value is -0.170. The van der Waals surface area contributed by atoms with Crippen molar-refractivity contribution in [2.45, 2.75) is 25.5 Å². The Balaban J connectivity index is 3.80. The SMILES string of the molecule is CC(C)(C)S(=O)(=O)NCCOCCN. The van der Waals surface area contributed by atoms with Gasteiger partial charge in [-0.2, -0.15) is 0 Å². The number of ether oxygens (including phenoxy) is 1. The average molecular weight is 224 g/mol. The van der Waals surface area contributed by atoms with Crippen molar-refractivity contribution in [3.63, 3.8) is 0 Å². The highest BCUT2D eigenvalue weighted by atomic mass is 32.2. The summed E-state index contributed by atoms with van der Waals surface area (Å²) in [5.74, 6) is 0. The maximum absolute atomic E-state index is 11.5. The number of nitrogens with two attached hydrogens (primary N) is 1. The molecule has 0 aromatic heterocycles. The highest BCUT2D eigenvalue weighted by Crippen LogP contribution is 2.12. The van der Waals surface area contributed by atoms with E-state index >= 15 is 0 Å². The summed E-state index contributed by atoms with van der Waals surface area (Å²) in [7, 11) is -3.25. The molecule has 6 heteroatoms. The maximum atomic E-state index is 11.5. The largest absolute Gasteiger partial charge is 0.379 e. The molecule has 0 aliphatic carbocycles. The van der Waals surface area contributed by atoms with E-state index in [4.69, 9.17) is 10.5 Å². The number of rotatable bonds is 6. The zero-order valence-corrected chi connectivity index (χ0v) is 9.86.